The second-order valence-corrected chi connectivity index (χ2v) is 5.53. The molecule has 0 unspecified atom stereocenters. The van der Waals surface area contributed by atoms with Crippen molar-refractivity contribution >= 4 is 17.2 Å². The third-order valence-corrected chi connectivity index (χ3v) is 3.95. The Kier molecular flexibility index (Phi) is 5.15. The monoisotopic (exact) mass is 299 g/mol. The summed E-state index contributed by atoms with van der Waals surface area (Å²) >= 11 is 1.54. The Morgan fingerprint density at radius 2 is 2.19 bits per heavy atom. The molecule has 0 spiro atoms. The molecule has 0 saturated heterocycles. The fraction of sp³-hybridized carbons (Fsp3) is 0.235. The van der Waals surface area contributed by atoms with Gasteiger partial charge in [-0.15, -0.1) is 0 Å². The maximum atomic E-state index is 12.4. The summed E-state index contributed by atoms with van der Waals surface area (Å²) in [6, 6.07) is 7.70. The Labute approximate surface area is 128 Å². The van der Waals surface area contributed by atoms with E-state index in [0.29, 0.717) is 6.54 Å². The van der Waals surface area contributed by atoms with Crippen LogP contribution in [0.25, 0.3) is 0 Å². The van der Waals surface area contributed by atoms with Crippen LogP contribution in [0.1, 0.15) is 27.0 Å². The van der Waals surface area contributed by atoms with E-state index in [1.807, 2.05) is 41.9 Å². The summed E-state index contributed by atoms with van der Waals surface area (Å²) in [5, 5.41) is 12.6. The van der Waals surface area contributed by atoms with Crippen LogP contribution in [0, 0.1) is 18.8 Å². The highest BCUT2D eigenvalue weighted by molar-refractivity contribution is 7.08. The third kappa shape index (κ3) is 3.94. The van der Waals surface area contributed by atoms with E-state index in [1.165, 1.54) is 0 Å². The molecule has 4 heteroatoms. The van der Waals surface area contributed by atoms with Crippen LogP contribution in [-0.2, 0) is 6.54 Å². The van der Waals surface area contributed by atoms with E-state index in [1.54, 1.807) is 23.3 Å². The molecule has 1 N–H and O–H groups in total. The normalized spacial score (nSPS) is 9.86. The first-order valence-corrected chi connectivity index (χ1v) is 7.53. The van der Waals surface area contributed by atoms with Gasteiger partial charge in [-0.2, -0.15) is 11.3 Å². The molecular formula is C17H17NO2S. The molecule has 3 nitrogen and oxygen atoms in total. The van der Waals surface area contributed by atoms with Crippen LogP contribution in [0.2, 0.25) is 0 Å². The van der Waals surface area contributed by atoms with Gasteiger partial charge in [-0.3, -0.25) is 4.79 Å². The quantitative estimate of drug-likeness (QED) is 0.885. The van der Waals surface area contributed by atoms with Crippen LogP contribution in [-0.4, -0.2) is 29.6 Å². The molecule has 0 aliphatic rings. The number of carbonyl (C=O) groups is 1. The van der Waals surface area contributed by atoms with Gasteiger partial charge in [0.05, 0.1) is 5.56 Å². The molecule has 0 saturated carbocycles. The number of hydrogen-bond acceptors (Lipinski definition) is 3. The van der Waals surface area contributed by atoms with Gasteiger partial charge in [0.15, 0.2) is 0 Å². The van der Waals surface area contributed by atoms with Crippen molar-refractivity contribution in [2.75, 3.05) is 13.7 Å². The van der Waals surface area contributed by atoms with Crippen LogP contribution >= 0.6 is 11.3 Å². The maximum absolute atomic E-state index is 12.4. The van der Waals surface area contributed by atoms with Gasteiger partial charge in [-0.05, 0) is 35.6 Å². The Morgan fingerprint density at radius 1 is 1.38 bits per heavy atom. The molecule has 1 heterocycles. The van der Waals surface area contributed by atoms with Gasteiger partial charge in [-0.1, -0.05) is 24.0 Å². The van der Waals surface area contributed by atoms with Gasteiger partial charge in [0.1, 0.15) is 6.61 Å². The minimum Gasteiger partial charge on any atom is -0.384 e. The highest BCUT2D eigenvalue weighted by Gasteiger charge is 2.14. The molecule has 0 atom stereocenters. The van der Waals surface area contributed by atoms with Crippen LogP contribution in [0.4, 0.5) is 0 Å². The topological polar surface area (TPSA) is 40.5 Å². The molecular weight excluding hydrogens is 282 g/mol. The van der Waals surface area contributed by atoms with Crippen LogP contribution in [0.15, 0.2) is 35.0 Å². The molecule has 0 aliphatic carbocycles. The molecule has 0 bridgehead atoms. The summed E-state index contributed by atoms with van der Waals surface area (Å²) in [7, 11) is 1.80. The Hall–Kier alpha value is -2.09. The van der Waals surface area contributed by atoms with Crippen molar-refractivity contribution in [1.82, 2.24) is 4.90 Å². The number of aryl methyl sites for hydroxylation is 1. The number of rotatable bonds is 3. The van der Waals surface area contributed by atoms with E-state index >= 15 is 0 Å². The summed E-state index contributed by atoms with van der Waals surface area (Å²) in [6.45, 7) is 2.32. The van der Waals surface area contributed by atoms with Gasteiger partial charge in [0.25, 0.3) is 5.91 Å². The summed E-state index contributed by atoms with van der Waals surface area (Å²) in [5.74, 6) is 5.52. The lowest BCUT2D eigenvalue weighted by molar-refractivity contribution is 0.0785. The zero-order valence-electron chi connectivity index (χ0n) is 12.1. The van der Waals surface area contributed by atoms with E-state index in [2.05, 4.69) is 11.8 Å². The summed E-state index contributed by atoms with van der Waals surface area (Å²) < 4.78 is 0. The van der Waals surface area contributed by atoms with Gasteiger partial charge in [0.2, 0.25) is 0 Å². The van der Waals surface area contributed by atoms with Crippen LogP contribution in [0.5, 0.6) is 0 Å². The molecule has 1 aromatic carbocycles. The van der Waals surface area contributed by atoms with Crippen molar-refractivity contribution in [1.29, 1.82) is 0 Å². The van der Waals surface area contributed by atoms with E-state index in [0.717, 1.165) is 22.3 Å². The fourth-order valence-electron chi connectivity index (χ4n) is 2.02. The van der Waals surface area contributed by atoms with E-state index < -0.39 is 0 Å². The third-order valence-electron chi connectivity index (χ3n) is 3.09. The van der Waals surface area contributed by atoms with E-state index in [4.69, 9.17) is 5.11 Å². The number of aliphatic hydroxyl groups is 1. The van der Waals surface area contributed by atoms with Gasteiger partial charge < -0.3 is 10.0 Å². The fourth-order valence-corrected chi connectivity index (χ4v) is 2.84. The molecule has 21 heavy (non-hydrogen) atoms. The largest absolute Gasteiger partial charge is 0.384 e. The molecule has 2 rings (SSSR count). The lowest BCUT2D eigenvalue weighted by atomic mass is 10.1. The summed E-state index contributed by atoms with van der Waals surface area (Å²) in [4.78, 5) is 14.1. The number of hydrogen-bond donors (Lipinski definition) is 1. The summed E-state index contributed by atoms with van der Waals surface area (Å²) in [6.07, 6.45) is 0. The second kappa shape index (κ2) is 7.07. The van der Waals surface area contributed by atoms with Crippen molar-refractivity contribution < 1.29 is 9.90 Å². The molecule has 1 amide bonds. The SMILES string of the molecule is Cc1cscc1C(=O)N(C)Cc1cccc(C#CCO)c1. The average Bonchev–Trinajstić information content (AvgIpc) is 2.90. The van der Waals surface area contributed by atoms with Crippen molar-refractivity contribution in [2.45, 2.75) is 13.5 Å². The Balaban J connectivity index is 2.11. The molecule has 1 aromatic heterocycles. The van der Waals surface area contributed by atoms with E-state index in [9.17, 15) is 4.79 Å². The second-order valence-electron chi connectivity index (χ2n) is 4.79. The smallest absolute Gasteiger partial charge is 0.255 e. The average molecular weight is 299 g/mol. The van der Waals surface area contributed by atoms with Crippen molar-refractivity contribution in [3.63, 3.8) is 0 Å². The minimum absolute atomic E-state index is 0.0283. The molecule has 108 valence electrons. The predicted molar refractivity (Wildman–Crippen MR) is 85.3 cm³/mol. The Morgan fingerprint density at radius 3 is 2.86 bits per heavy atom. The zero-order valence-corrected chi connectivity index (χ0v) is 12.9. The highest BCUT2D eigenvalue weighted by atomic mass is 32.1. The highest BCUT2D eigenvalue weighted by Crippen LogP contribution is 2.17. The van der Waals surface area contributed by atoms with Gasteiger partial charge >= 0.3 is 0 Å². The number of carbonyl (C=O) groups excluding carboxylic acids is 1. The maximum Gasteiger partial charge on any atom is 0.255 e. The lowest BCUT2D eigenvalue weighted by Gasteiger charge is -2.17. The number of benzene rings is 1. The molecule has 0 aliphatic heterocycles. The van der Waals surface area contributed by atoms with Crippen LogP contribution < -0.4 is 0 Å². The van der Waals surface area contributed by atoms with E-state index in [-0.39, 0.29) is 12.5 Å². The first-order chi connectivity index (χ1) is 10.1. The lowest BCUT2D eigenvalue weighted by Crippen LogP contribution is -2.26. The number of aliphatic hydroxyl groups excluding tert-OH is 1. The molecule has 2 aromatic rings. The van der Waals surface area contributed by atoms with Crippen LogP contribution in [0.3, 0.4) is 0 Å². The minimum atomic E-state index is -0.153. The first kappa shape index (κ1) is 15.3. The van der Waals surface area contributed by atoms with Gasteiger partial charge in [0, 0.05) is 24.5 Å². The van der Waals surface area contributed by atoms with Crippen molar-refractivity contribution in [2.24, 2.45) is 0 Å². The predicted octanol–water partition coefficient (Wildman–Crippen LogP) is 2.67. The molecule has 0 radical (unpaired) electrons. The van der Waals surface area contributed by atoms with Crippen molar-refractivity contribution in [3.05, 3.63) is 57.3 Å². The standard InChI is InChI=1S/C17H17NO2S/c1-13-11-21-12-16(13)17(20)18(2)10-15-6-3-5-14(9-15)7-4-8-19/h3,5-6,9,11-12,19H,8,10H2,1-2H3. The zero-order chi connectivity index (χ0) is 15.2. The number of thiophene rings is 1. The Bertz CT molecular complexity index is 694. The van der Waals surface area contributed by atoms with Crippen molar-refractivity contribution in [3.8, 4) is 11.8 Å². The summed E-state index contributed by atoms with van der Waals surface area (Å²) in [5.41, 5.74) is 3.63. The van der Waals surface area contributed by atoms with Gasteiger partial charge in [-0.25, -0.2) is 0 Å². The number of amides is 1. The first-order valence-electron chi connectivity index (χ1n) is 6.58. The number of nitrogens with zero attached hydrogens (tertiary/aromatic N) is 1. The molecule has 0 fully saturated rings.